The molecule has 1 unspecified atom stereocenters. The van der Waals surface area contributed by atoms with Gasteiger partial charge in [-0.05, 0) is 18.6 Å². The number of urea groups is 1. The van der Waals surface area contributed by atoms with E-state index >= 15 is 0 Å². The number of amidine groups is 1. The fraction of sp³-hybridized carbons (Fsp3) is 0.333. The fourth-order valence-corrected chi connectivity index (χ4v) is 2.94. The van der Waals surface area contributed by atoms with Crippen molar-refractivity contribution in [1.82, 2.24) is 4.90 Å². The van der Waals surface area contributed by atoms with Gasteiger partial charge in [-0.15, -0.1) is 17.9 Å². The Morgan fingerprint density at radius 3 is 3.00 bits per heavy atom. The normalized spacial score (nSPS) is 19.6. The molecule has 0 aliphatic carbocycles. The van der Waals surface area contributed by atoms with Gasteiger partial charge in [0.2, 0.25) is 0 Å². The highest BCUT2D eigenvalue weighted by Gasteiger charge is 2.34. The van der Waals surface area contributed by atoms with Crippen molar-refractivity contribution in [3.05, 3.63) is 34.5 Å². The molecule has 1 aliphatic heterocycles. The number of aryl methyl sites for hydroxylation is 1. The minimum absolute atomic E-state index is 0.217. The molecule has 2 heterocycles. The Morgan fingerprint density at radius 1 is 1.65 bits per heavy atom. The van der Waals surface area contributed by atoms with Crippen LogP contribution in [0.5, 0.6) is 0 Å². The van der Waals surface area contributed by atoms with Gasteiger partial charge in [-0.25, -0.2) is 4.79 Å². The maximum atomic E-state index is 11.6. The fourth-order valence-electron chi connectivity index (χ4n) is 1.86. The van der Waals surface area contributed by atoms with E-state index < -0.39 is 0 Å². The highest BCUT2D eigenvalue weighted by Crippen LogP contribution is 2.31. The maximum absolute atomic E-state index is 11.6. The van der Waals surface area contributed by atoms with Gasteiger partial charge in [0, 0.05) is 16.3 Å². The van der Waals surface area contributed by atoms with Crippen molar-refractivity contribution >= 4 is 23.2 Å². The minimum atomic E-state index is -0.279. The number of aliphatic imine (C=N–C) groups is 1. The number of carbonyl (C=O) groups is 1. The Labute approximate surface area is 104 Å². The average Bonchev–Trinajstić information content (AvgIpc) is 2.85. The van der Waals surface area contributed by atoms with Crippen LogP contribution in [0.1, 0.15) is 22.7 Å². The van der Waals surface area contributed by atoms with E-state index in [-0.39, 0.29) is 12.1 Å². The van der Waals surface area contributed by atoms with E-state index in [0.29, 0.717) is 12.4 Å². The first-order chi connectivity index (χ1) is 8.17. The molecule has 1 atom stereocenters. The van der Waals surface area contributed by atoms with Crippen molar-refractivity contribution in [3.63, 3.8) is 0 Å². The van der Waals surface area contributed by atoms with Crippen molar-refractivity contribution < 1.29 is 4.79 Å². The van der Waals surface area contributed by atoms with Crippen LogP contribution in [0.2, 0.25) is 0 Å². The van der Waals surface area contributed by atoms with E-state index in [1.807, 2.05) is 6.07 Å². The number of hydrogen-bond donors (Lipinski definition) is 1. The summed E-state index contributed by atoms with van der Waals surface area (Å²) >= 11 is 1.68. The summed E-state index contributed by atoms with van der Waals surface area (Å²) in [5, 5.41) is 0. The van der Waals surface area contributed by atoms with Gasteiger partial charge >= 0.3 is 6.03 Å². The number of nitrogens with zero attached hydrogens (tertiary/aromatic N) is 2. The highest BCUT2D eigenvalue weighted by atomic mass is 32.1. The molecule has 2 N–H and O–H groups in total. The minimum Gasteiger partial charge on any atom is -0.385 e. The van der Waals surface area contributed by atoms with Crippen LogP contribution in [-0.2, 0) is 6.42 Å². The molecule has 1 aromatic rings. The summed E-state index contributed by atoms with van der Waals surface area (Å²) in [5.74, 6) is 0.376. The Hall–Kier alpha value is -1.62. The molecule has 0 saturated carbocycles. The lowest BCUT2D eigenvalue weighted by Gasteiger charge is -2.21. The zero-order valence-electron chi connectivity index (χ0n) is 9.72. The van der Waals surface area contributed by atoms with E-state index in [9.17, 15) is 4.79 Å². The lowest BCUT2D eigenvalue weighted by atomic mass is 10.2. The first kappa shape index (κ1) is 11.9. The van der Waals surface area contributed by atoms with Gasteiger partial charge in [0.15, 0.2) is 0 Å². The van der Waals surface area contributed by atoms with Gasteiger partial charge in [-0.1, -0.05) is 13.0 Å². The molecule has 0 radical (unpaired) electrons. The lowest BCUT2D eigenvalue weighted by molar-refractivity contribution is 0.213. The van der Waals surface area contributed by atoms with E-state index in [1.54, 1.807) is 22.3 Å². The molecule has 0 aromatic carbocycles. The molecule has 1 aliphatic rings. The molecule has 0 fully saturated rings. The summed E-state index contributed by atoms with van der Waals surface area (Å²) in [6.45, 7) is 6.22. The standard InChI is InChI=1S/C12H15N3OS/c1-3-7-15-10(11(13)14-12(15)16)9-6-5-8(4-2)17-9/h3,5-6,10H,1,4,7H2,2H3,(H2,13,14,16). The topological polar surface area (TPSA) is 58.7 Å². The first-order valence-corrected chi connectivity index (χ1v) is 6.33. The van der Waals surface area contributed by atoms with Crippen LogP contribution in [0.3, 0.4) is 0 Å². The Kier molecular flexibility index (Phi) is 3.28. The zero-order valence-corrected chi connectivity index (χ0v) is 10.5. The SMILES string of the molecule is C=CCN1C(=O)N=C(N)C1c1ccc(CC)s1. The highest BCUT2D eigenvalue weighted by molar-refractivity contribution is 7.12. The summed E-state index contributed by atoms with van der Waals surface area (Å²) in [5.41, 5.74) is 5.83. The van der Waals surface area contributed by atoms with Crippen LogP contribution in [0, 0.1) is 0 Å². The molecule has 4 nitrogen and oxygen atoms in total. The predicted octanol–water partition coefficient (Wildman–Crippen LogP) is 2.33. The molecule has 0 bridgehead atoms. The quantitative estimate of drug-likeness (QED) is 0.832. The van der Waals surface area contributed by atoms with Crippen molar-refractivity contribution in [2.45, 2.75) is 19.4 Å². The molecule has 17 heavy (non-hydrogen) atoms. The largest absolute Gasteiger partial charge is 0.385 e. The van der Waals surface area contributed by atoms with E-state index in [1.165, 1.54) is 4.88 Å². The van der Waals surface area contributed by atoms with E-state index in [0.717, 1.165) is 11.3 Å². The second kappa shape index (κ2) is 4.71. The Bertz CT molecular complexity index is 478. The zero-order chi connectivity index (χ0) is 12.4. The average molecular weight is 249 g/mol. The number of hydrogen-bond acceptors (Lipinski definition) is 3. The van der Waals surface area contributed by atoms with Gasteiger partial charge in [0.1, 0.15) is 11.9 Å². The van der Waals surface area contributed by atoms with Gasteiger partial charge in [0.05, 0.1) is 0 Å². The van der Waals surface area contributed by atoms with E-state index in [2.05, 4.69) is 24.6 Å². The predicted molar refractivity (Wildman–Crippen MR) is 70.4 cm³/mol. The summed E-state index contributed by atoms with van der Waals surface area (Å²) < 4.78 is 0. The second-order valence-corrected chi connectivity index (χ2v) is 5.02. The Morgan fingerprint density at radius 2 is 2.41 bits per heavy atom. The van der Waals surface area contributed by atoms with Crippen LogP contribution >= 0.6 is 11.3 Å². The maximum Gasteiger partial charge on any atom is 0.346 e. The number of carbonyl (C=O) groups excluding carboxylic acids is 1. The summed E-state index contributed by atoms with van der Waals surface area (Å²) in [7, 11) is 0. The smallest absolute Gasteiger partial charge is 0.346 e. The molecule has 2 amide bonds. The molecule has 5 heteroatoms. The molecule has 90 valence electrons. The monoisotopic (exact) mass is 249 g/mol. The van der Waals surface area contributed by atoms with Gasteiger partial charge in [-0.3, -0.25) is 0 Å². The summed E-state index contributed by atoms with van der Waals surface area (Å²) in [4.78, 5) is 19.5. The van der Waals surface area contributed by atoms with Crippen molar-refractivity contribution in [2.24, 2.45) is 10.7 Å². The lowest BCUT2D eigenvalue weighted by Crippen LogP contribution is -2.32. The Balaban J connectivity index is 2.31. The van der Waals surface area contributed by atoms with Crippen LogP contribution in [0.15, 0.2) is 29.8 Å². The van der Waals surface area contributed by atoms with Gasteiger partial charge in [-0.2, -0.15) is 4.99 Å². The second-order valence-electron chi connectivity index (χ2n) is 3.82. The van der Waals surface area contributed by atoms with Crippen LogP contribution in [0.4, 0.5) is 4.79 Å². The third kappa shape index (κ3) is 2.10. The molecule has 1 aromatic heterocycles. The third-order valence-corrected chi connectivity index (χ3v) is 3.97. The van der Waals surface area contributed by atoms with Gasteiger partial charge < -0.3 is 10.6 Å². The van der Waals surface area contributed by atoms with Crippen LogP contribution < -0.4 is 5.73 Å². The van der Waals surface area contributed by atoms with Crippen LogP contribution in [0.25, 0.3) is 0 Å². The molecular weight excluding hydrogens is 234 g/mol. The molecule has 0 saturated heterocycles. The van der Waals surface area contributed by atoms with Crippen molar-refractivity contribution in [1.29, 1.82) is 0 Å². The van der Waals surface area contributed by atoms with E-state index in [4.69, 9.17) is 5.73 Å². The molecule has 2 rings (SSSR count). The van der Waals surface area contributed by atoms with Crippen molar-refractivity contribution in [2.75, 3.05) is 6.54 Å². The summed E-state index contributed by atoms with van der Waals surface area (Å²) in [6.07, 6.45) is 2.68. The number of thiophene rings is 1. The van der Waals surface area contributed by atoms with Crippen LogP contribution in [-0.4, -0.2) is 23.3 Å². The first-order valence-electron chi connectivity index (χ1n) is 5.51. The number of rotatable bonds is 4. The molecule has 0 spiro atoms. The number of amides is 2. The van der Waals surface area contributed by atoms with Crippen molar-refractivity contribution in [3.8, 4) is 0 Å². The summed E-state index contributed by atoms with van der Waals surface area (Å²) in [6, 6.07) is 3.59. The number of nitrogens with two attached hydrogens (primary N) is 1. The molecular formula is C12H15N3OS. The third-order valence-electron chi connectivity index (χ3n) is 2.69. The van der Waals surface area contributed by atoms with Gasteiger partial charge in [0.25, 0.3) is 0 Å².